The number of nitrogens with zero attached hydrogens (tertiary/aromatic N) is 3. The van der Waals surface area contributed by atoms with E-state index in [1.165, 1.54) is 18.2 Å². The van der Waals surface area contributed by atoms with E-state index in [2.05, 4.69) is 15.3 Å². The molecule has 24 heavy (non-hydrogen) atoms. The first-order valence-corrected chi connectivity index (χ1v) is 7.77. The number of nitro groups is 1. The van der Waals surface area contributed by atoms with Crippen molar-refractivity contribution in [1.82, 2.24) is 9.97 Å². The van der Waals surface area contributed by atoms with Crippen LogP contribution in [0.3, 0.4) is 0 Å². The van der Waals surface area contributed by atoms with Crippen molar-refractivity contribution in [3.05, 3.63) is 39.9 Å². The van der Waals surface area contributed by atoms with E-state index in [1.54, 1.807) is 19.9 Å². The van der Waals surface area contributed by atoms with Crippen molar-refractivity contribution >= 4 is 40.7 Å². The first-order valence-electron chi connectivity index (χ1n) is 6.89. The van der Waals surface area contributed by atoms with E-state index in [1.807, 2.05) is 0 Å². The Morgan fingerprint density at radius 2 is 1.92 bits per heavy atom. The van der Waals surface area contributed by atoms with E-state index in [0.29, 0.717) is 5.69 Å². The van der Waals surface area contributed by atoms with Gasteiger partial charge in [-0.2, -0.15) is 0 Å². The van der Waals surface area contributed by atoms with E-state index in [4.69, 9.17) is 11.5 Å². The molecular weight excluding hydrogens is 332 g/mol. The summed E-state index contributed by atoms with van der Waals surface area (Å²) in [4.78, 5) is 30.6. The monoisotopic (exact) mass is 348 g/mol. The Kier molecular flexibility index (Phi) is 5.19. The van der Waals surface area contributed by atoms with E-state index in [0.717, 1.165) is 17.3 Å². The molecule has 1 unspecified atom stereocenters. The zero-order chi connectivity index (χ0) is 17.9. The molecule has 1 atom stereocenters. The number of non-ortho nitro benzene ring substituents is 1. The van der Waals surface area contributed by atoms with Crippen molar-refractivity contribution in [3.63, 3.8) is 0 Å². The van der Waals surface area contributed by atoms with Gasteiger partial charge in [0.05, 0.1) is 15.9 Å². The molecule has 0 fully saturated rings. The Morgan fingerprint density at radius 1 is 1.29 bits per heavy atom. The molecule has 10 heteroatoms. The number of nitro benzene ring substituents is 1. The van der Waals surface area contributed by atoms with Crippen molar-refractivity contribution in [2.24, 2.45) is 0 Å². The minimum Gasteiger partial charge on any atom is -0.383 e. The maximum absolute atomic E-state index is 12.3. The standard InChI is InChI=1S/C14H16N6O3S/c1-7-3-4-9(20(22)23)5-10(7)17-13(21)8(2)24-14-18-11(15)6-12(16)19-14/h3-6,8H,1-2H3,(H,17,21)(H4,15,16,18,19). The summed E-state index contributed by atoms with van der Waals surface area (Å²) < 4.78 is 0. The van der Waals surface area contributed by atoms with Gasteiger partial charge in [-0.25, -0.2) is 9.97 Å². The molecule has 0 aliphatic carbocycles. The number of hydrogen-bond acceptors (Lipinski definition) is 8. The summed E-state index contributed by atoms with van der Waals surface area (Å²) in [6.07, 6.45) is 0. The number of aromatic nitrogens is 2. The summed E-state index contributed by atoms with van der Waals surface area (Å²) in [5, 5.41) is 13.2. The highest BCUT2D eigenvalue weighted by Gasteiger charge is 2.18. The highest BCUT2D eigenvalue weighted by Crippen LogP contribution is 2.25. The van der Waals surface area contributed by atoms with Gasteiger partial charge in [0, 0.05) is 18.2 Å². The molecular formula is C14H16N6O3S. The molecule has 1 heterocycles. The Hall–Kier alpha value is -2.88. The number of aryl methyl sites for hydroxylation is 1. The third-order valence-corrected chi connectivity index (χ3v) is 4.05. The Balaban J connectivity index is 2.11. The molecule has 1 aromatic heterocycles. The zero-order valence-corrected chi connectivity index (χ0v) is 13.8. The Labute approximate surface area is 142 Å². The van der Waals surface area contributed by atoms with Gasteiger partial charge >= 0.3 is 0 Å². The smallest absolute Gasteiger partial charge is 0.271 e. The van der Waals surface area contributed by atoms with Gasteiger partial charge in [-0.15, -0.1) is 0 Å². The fourth-order valence-corrected chi connectivity index (χ4v) is 2.62. The van der Waals surface area contributed by atoms with E-state index in [9.17, 15) is 14.9 Å². The number of carbonyl (C=O) groups excluding carboxylic acids is 1. The van der Waals surface area contributed by atoms with Gasteiger partial charge in [0.25, 0.3) is 5.69 Å². The number of anilines is 3. The second-order valence-corrected chi connectivity index (χ2v) is 6.31. The lowest BCUT2D eigenvalue weighted by atomic mass is 10.2. The number of benzene rings is 1. The van der Waals surface area contributed by atoms with Gasteiger partial charge in [-0.3, -0.25) is 14.9 Å². The quantitative estimate of drug-likeness (QED) is 0.321. The molecule has 0 bridgehead atoms. The highest BCUT2D eigenvalue weighted by molar-refractivity contribution is 8.00. The van der Waals surface area contributed by atoms with Crippen LogP contribution in [0.5, 0.6) is 0 Å². The van der Waals surface area contributed by atoms with Crippen LogP contribution in [0.2, 0.25) is 0 Å². The molecule has 126 valence electrons. The normalized spacial score (nSPS) is 11.8. The summed E-state index contributed by atoms with van der Waals surface area (Å²) in [5.74, 6) is 0.0902. The SMILES string of the molecule is Cc1ccc([N+](=O)[O-])cc1NC(=O)C(C)Sc1nc(N)cc(N)n1. The number of nitrogens with two attached hydrogens (primary N) is 2. The number of hydrogen-bond donors (Lipinski definition) is 3. The van der Waals surface area contributed by atoms with Crippen LogP contribution in [-0.4, -0.2) is 26.0 Å². The van der Waals surface area contributed by atoms with Gasteiger partial charge in [0.2, 0.25) is 5.91 Å². The first kappa shape index (κ1) is 17.5. The molecule has 2 aromatic rings. The summed E-state index contributed by atoms with van der Waals surface area (Å²) in [7, 11) is 0. The summed E-state index contributed by atoms with van der Waals surface area (Å²) >= 11 is 1.09. The second kappa shape index (κ2) is 7.13. The predicted molar refractivity (Wildman–Crippen MR) is 92.6 cm³/mol. The summed E-state index contributed by atoms with van der Waals surface area (Å²) in [6, 6.07) is 5.70. The van der Waals surface area contributed by atoms with Gasteiger partial charge in [-0.05, 0) is 19.4 Å². The van der Waals surface area contributed by atoms with Crippen LogP contribution < -0.4 is 16.8 Å². The summed E-state index contributed by atoms with van der Waals surface area (Å²) in [5.41, 5.74) is 12.2. The third kappa shape index (κ3) is 4.32. The van der Waals surface area contributed by atoms with Crippen LogP contribution in [0.25, 0.3) is 0 Å². The lowest BCUT2D eigenvalue weighted by Gasteiger charge is -2.13. The average molecular weight is 348 g/mol. The number of thioether (sulfide) groups is 1. The van der Waals surface area contributed by atoms with Gasteiger partial charge in [-0.1, -0.05) is 17.8 Å². The van der Waals surface area contributed by atoms with Crippen LogP contribution >= 0.6 is 11.8 Å². The molecule has 2 rings (SSSR count). The van der Waals surface area contributed by atoms with E-state index < -0.39 is 10.2 Å². The van der Waals surface area contributed by atoms with Crippen molar-refractivity contribution in [1.29, 1.82) is 0 Å². The fraction of sp³-hybridized carbons (Fsp3) is 0.214. The molecule has 1 amide bonds. The molecule has 9 nitrogen and oxygen atoms in total. The molecule has 0 saturated carbocycles. The number of amides is 1. The number of carbonyl (C=O) groups is 1. The molecule has 0 aliphatic heterocycles. The van der Waals surface area contributed by atoms with Crippen molar-refractivity contribution < 1.29 is 9.72 Å². The first-order chi connectivity index (χ1) is 11.3. The maximum Gasteiger partial charge on any atom is 0.271 e. The minimum atomic E-state index is -0.551. The molecule has 5 N–H and O–H groups in total. The van der Waals surface area contributed by atoms with Crippen LogP contribution in [0.1, 0.15) is 12.5 Å². The van der Waals surface area contributed by atoms with Crippen molar-refractivity contribution in [3.8, 4) is 0 Å². The number of rotatable bonds is 5. The fourth-order valence-electron chi connectivity index (χ4n) is 1.82. The van der Waals surface area contributed by atoms with Crippen LogP contribution in [0.15, 0.2) is 29.4 Å². The minimum absolute atomic E-state index is 0.0943. The Bertz CT molecular complexity index is 778. The zero-order valence-electron chi connectivity index (χ0n) is 13.0. The van der Waals surface area contributed by atoms with Crippen molar-refractivity contribution in [2.45, 2.75) is 24.3 Å². The van der Waals surface area contributed by atoms with Crippen LogP contribution in [-0.2, 0) is 4.79 Å². The van der Waals surface area contributed by atoms with Gasteiger partial charge in [0.1, 0.15) is 11.6 Å². The topological polar surface area (TPSA) is 150 Å². The molecule has 0 spiro atoms. The van der Waals surface area contributed by atoms with Gasteiger partial charge < -0.3 is 16.8 Å². The largest absolute Gasteiger partial charge is 0.383 e. The summed E-state index contributed by atoms with van der Waals surface area (Å²) in [6.45, 7) is 3.41. The molecule has 0 radical (unpaired) electrons. The molecule has 0 saturated heterocycles. The highest BCUT2D eigenvalue weighted by atomic mass is 32.2. The maximum atomic E-state index is 12.3. The van der Waals surface area contributed by atoms with Crippen LogP contribution in [0, 0.1) is 17.0 Å². The molecule has 0 aliphatic rings. The van der Waals surface area contributed by atoms with Crippen LogP contribution in [0.4, 0.5) is 23.0 Å². The Morgan fingerprint density at radius 3 is 2.50 bits per heavy atom. The van der Waals surface area contributed by atoms with E-state index in [-0.39, 0.29) is 28.4 Å². The predicted octanol–water partition coefficient (Wildman–Crippen LogP) is 1.98. The second-order valence-electron chi connectivity index (χ2n) is 5.01. The van der Waals surface area contributed by atoms with Crippen molar-refractivity contribution in [2.75, 3.05) is 16.8 Å². The lowest BCUT2D eigenvalue weighted by Crippen LogP contribution is -2.23. The average Bonchev–Trinajstić information content (AvgIpc) is 2.48. The molecule has 1 aromatic carbocycles. The van der Waals surface area contributed by atoms with Gasteiger partial charge in [0.15, 0.2) is 5.16 Å². The van der Waals surface area contributed by atoms with E-state index >= 15 is 0 Å². The third-order valence-electron chi connectivity index (χ3n) is 3.09. The number of nitrogens with one attached hydrogen (secondary N) is 1. The lowest BCUT2D eigenvalue weighted by molar-refractivity contribution is -0.384. The number of nitrogen functional groups attached to an aromatic ring is 2.